The molecule has 3 nitrogen and oxygen atoms in total. The molecular weight excluding hydrogens is 398 g/mol. The highest BCUT2D eigenvalue weighted by Gasteiger charge is 2.36. The number of hydrogen-bond donors (Lipinski definition) is 1. The standard InChI is InChI=1S/C20H18ClF4NO2/c21-16-8-7-13(20(23,24)25)10-15(16)18(14-5-1-2-6-17(14)22)26-9-3-4-12(11-26)19(27)28/h1-2,5-8,10,12,18H,3-4,9,11H2,(H,27,28). The van der Waals surface area contributed by atoms with Crippen molar-refractivity contribution in [3.8, 4) is 0 Å². The quantitative estimate of drug-likeness (QED) is 0.681. The van der Waals surface area contributed by atoms with Gasteiger partial charge in [0, 0.05) is 17.1 Å². The van der Waals surface area contributed by atoms with Gasteiger partial charge in [-0.2, -0.15) is 13.2 Å². The molecule has 1 heterocycles. The Labute approximate surface area is 164 Å². The fourth-order valence-corrected chi connectivity index (χ4v) is 3.85. The molecular formula is C20H18ClF4NO2. The zero-order valence-corrected chi connectivity index (χ0v) is 15.5. The number of piperidine rings is 1. The largest absolute Gasteiger partial charge is 0.481 e. The lowest BCUT2D eigenvalue weighted by molar-refractivity contribution is -0.143. The van der Waals surface area contributed by atoms with Crippen molar-refractivity contribution in [3.63, 3.8) is 0 Å². The summed E-state index contributed by atoms with van der Waals surface area (Å²) in [7, 11) is 0. The number of rotatable bonds is 4. The first kappa shape index (κ1) is 20.6. The van der Waals surface area contributed by atoms with Crippen LogP contribution in [0, 0.1) is 11.7 Å². The summed E-state index contributed by atoms with van der Waals surface area (Å²) >= 11 is 6.23. The molecule has 2 aromatic rings. The Kier molecular flexibility index (Phi) is 5.95. The van der Waals surface area contributed by atoms with E-state index >= 15 is 0 Å². The lowest BCUT2D eigenvalue weighted by Gasteiger charge is -2.38. The second-order valence-corrected chi connectivity index (χ2v) is 7.24. The van der Waals surface area contributed by atoms with E-state index in [0.717, 1.165) is 18.2 Å². The first-order valence-corrected chi connectivity index (χ1v) is 9.14. The predicted octanol–water partition coefficient (Wildman–Crippen LogP) is 5.38. The monoisotopic (exact) mass is 415 g/mol. The molecule has 0 spiro atoms. The van der Waals surface area contributed by atoms with Gasteiger partial charge < -0.3 is 5.11 Å². The van der Waals surface area contributed by atoms with E-state index in [9.17, 15) is 27.5 Å². The average Bonchev–Trinajstić information content (AvgIpc) is 2.64. The minimum atomic E-state index is -4.58. The maximum Gasteiger partial charge on any atom is 0.416 e. The van der Waals surface area contributed by atoms with Gasteiger partial charge in [-0.25, -0.2) is 4.39 Å². The van der Waals surface area contributed by atoms with Crippen LogP contribution in [0.2, 0.25) is 5.02 Å². The molecule has 2 atom stereocenters. The van der Waals surface area contributed by atoms with Crippen molar-refractivity contribution in [2.45, 2.75) is 25.1 Å². The maximum absolute atomic E-state index is 14.6. The SMILES string of the molecule is O=C(O)C1CCCN(C(c2ccccc2F)c2cc(C(F)(F)F)ccc2Cl)C1. The Bertz CT molecular complexity index is 872. The van der Waals surface area contributed by atoms with E-state index in [2.05, 4.69) is 0 Å². The van der Waals surface area contributed by atoms with Gasteiger partial charge in [0.2, 0.25) is 0 Å². The van der Waals surface area contributed by atoms with Crippen LogP contribution in [0.1, 0.15) is 35.6 Å². The minimum Gasteiger partial charge on any atom is -0.481 e. The van der Waals surface area contributed by atoms with E-state index in [1.165, 1.54) is 18.2 Å². The van der Waals surface area contributed by atoms with Crippen LogP contribution in [-0.2, 0) is 11.0 Å². The number of carbonyl (C=O) groups is 1. The van der Waals surface area contributed by atoms with E-state index < -0.39 is 35.5 Å². The summed E-state index contributed by atoms with van der Waals surface area (Å²) < 4.78 is 54.3. The van der Waals surface area contributed by atoms with Crippen LogP contribution < -0.4 is 0 Å². The molecule has 2 aromatic carbocycles. The number of alkyl halides is 3. The third kappa shape index (κ3) is 4.31. The zero-order chi connectivity index (χ0) is 20.5. The molecule has 0 saturated carbocycles. The first-order valence-electron chi connectivity index (χ1n) is 8.76. The van der Waals surface area contributed by atoms with Crippen LogP contribution in [-0.4, -0.2) is 29.1 Å². The van der Waals surface area contributed by atoms with Crippen molar-refractivity contribution < 1.29 is 27.5 Å². The molecule has 0 aromatic heterocycles. The van der Waals surface area contributed by atoms with Gasteiger partial charge in [0.1, 0.15) is 5.82 Å². The number of nitrogens with zero attached hydrogens (tertiary/aromatic N) is 1. The van der Waals surface area contributed by atoms with E-state index in [4.69, 9.17) is 11.6 Å². The third-order valence-electron chi connectivity index (χ3n) is 4.98. The molecule has 28 heavy (non-hydrogen) atoms. The average molecular weight is 416 g/mol. The van der Waals surface area contributed by atoms with E-state index in [1.807, 2.05) is 0 Å². The zero-order valence-electron chi connectivity index (χ0n) is 14.7. The summed E-state index contributed by atoms with van der Waals surface area (Å²) in [5.74, 6) is -2.24. The van der Waals surface area contributed by atoms with Crippen LogP contribution in [0.25, 0.3) is 0 Å². The molecule has 1 N–H and O–H groups in total. The van der Waals surface area contributed by atoms with Gasteiger partial charge in [0.05, 0.1) is 17.5 Å². The van der Waals surface area contributed by atoms with Crippen molar-refractivity contribution in [3.05, 3.63) is 70.0 Å². The summed E-state index contributed by atoms with van der Waals surface area (Å²) in [5.41, 5.74) is -0.623. The van der Waals surface area contributed by atoms with Crippen LogP contribution in [0.15, 0.2) is 42.5 Å². The van der Waals surface area contributed by atoms with Gasteiger partial charge in [-0.1, -0.05) is 29.8 Å². The molecule has 0 radical (unpaired) electrons. The molecule has 1 aliphatic heterocycles. The molecule has 2 unspecified atom stereocenters. The maximum atomic E-state index is 14.6. The molecule has 8 heteroatoms. The number of likely N-dealkylation sites (tertiary alicyclic amines) is 1. The molecule has 3 rings (SSSR count). The van der Waals surface area contributed by atoms with E-state index in [0.29, 0.717) is 19.4 Å². The molecule has 0 amide bonds. The predicted molar refractivity (Wildman–Crippen MR) is 96.6 cm³/mol. The summed E-state index contributed by atoms with van der Waals surface area (Å²) in [4.78, 5) is 13.1. The summed E-state index contributed by atoms with van der Waals surface area (Å²) in [5, 5.41) is 9.43. The van der Waals surface area contributed by atoms with Crippen molar-refractivity contribution in [2.75, 3.05) is 13.1 Å². The molecule has 0 aliphatic carbocycles. The van der Waals surface area contributed by atoms with Gasteiger partial charge >= 0.3 is 12.1 Å². The number of carboxylic acid groups (broad SMARTS) is 1. The van der Waals surface area contributed by atoms with Crippen LogP contribution in [0.5, 0.6) is 0 Å². The number of aliphatic carboxylic acids is 1. The molecule has 1 aliphatic rings. The highest BCUT2D eigenvalue weighted by Crippen LogP contribution is 2.40. The summed E-state index contributed by atoms with van der Waals surface area (Å²) in [6, 6.07) is 7.81. The van der Waals surface area contributed by atoms with Crippen LogP contribution >= 0.6 is 11.6 Å². The summed E-state index contributed by atoms with van der Waals surface area (Å²) in [6.45, 7) is 0.524. The third-order valence-corrected chi connectivity index (χ3v) is 5.33. The van der Waals surface area contributed by atoms with Gasteiger partial charge in [-0.05, 0) is 49.2 Å². The molecule has 1 fully saturated rings. The van der Waals surface area contributed by atoms with Crippen LogP contribution in [0.4, 0.5) is 17.6 Å². The smallest absolute Gasteiger partial charge is 0.416 e. The Morgan fingerprint density at radius 3 is 2.54 bits per heavy atom. The Hall–Kier alpha value is -2.12. The molecule has 1 saturated heterocycles. The van der Waals surface area contributed by atoms with Crippen molar-refractivity contribution in [2.24, 2.45) is 5.92 Å². The van der Waals surface area contributed by atoms with Gasteiger partial charge in [0.25, 0.3) is 0 Å². The number of benzene rings is 2. The molecule has 150 valence electrons. The van der Waals surface area contributed by atoms with Crippen molar-refractivity contribution in [1.82, 2.24) is 4.90 Å². The Balaban J connectivity index is 2.13. The number of hydrogen-bond acceptors (Lipinski definition) is 2. The summed E-state index contributed by atoms with van der Waals surface area (Å²) in [6.07, 6.45) is -3.57. The Morgan fingerprint density at radius 1 is 1.18 bits per heavy atom. The van der Waals surface area contributed by atoms with Gasteiger partial charge in [0.15, 0.2) is 0 Å². The van der Waals surface area contributed by atoms with Gasteiger partial charge in [-0.15, -0.1) is 0 Å². The topological polar surface area (TPSA) is 40.5 Å². The fraction of sp³-hybridized carbons (Fsp3) is 0.350. The van der Waals surface area contributed by atoms with E-state index in [-0.39, 0.29) is 22.7 Å². The lowest BCUT2D eigenvalue weighted by atomic mass is 9.90. The number of halogens is 5. The second kappa shape index (κ2) is 8.09. The van der Waals surface area contributed by atoms with Crippen molar-refractivity contribution >= 4 is 17.6 Å². The van der Waals surface area contributed by atoms with E-state index in [1.54, 1.807) is 11.0 Å². The van der Waals surface area contributed by atoms with Crippen molar-refractivity contribution in [1.29, 1.82) is 0 Å². The highest BCUT2D eigenvalue weighted by molar-refractivity contribution is 6.31. The molecule has 0 bridgehead atoms. The highest BCUT2D eigenvalue weighted by atomic mass is 35.5. The van der Waals surface area contributed by atoms with Gasteiger partial charge in [-0.3, -0.25) is 9.69 Å². The first-order chi connectivity index (χ1) is 13.2. The second-order valence-electron chi connectivity index (χ2n) is 6.83. The minimum absolute atomic E-state index is 0.0682. The van der Waals surface area contributed by atoms with Crippen LogP contribution in [0.3, 0.4) is 0 Å². The normalized spacial score (nSPS) is 19.4. The fourth-order valence-electron chi connectivity index (χ4n) is 3.63. The lowest BCUT2D eigenvalue weighted by Crippen LogP contribution is -2.41. The Morgan fingerprint density at radius 2 is 1.89 bits per heavy atom. The number of carboxylic acids is 1.